The Hall–Kier alpha value is -2.44. The van der Waals surface area contributed by atoms with Crippen molar-refractivity contribution in [3.63, 3.8) is 0 Å². The van der Waals surface area contributed by atoms with Crippen LogP contribution >= 0.6 is 11.3 Å². The molecule has 6 heteroatoms. The summed E-state index contributed by atoms with van der Waals surface area (Å²) in [5.41, 5.74) is 2.25. The summed E-state index contributed by atoms with van der Waals surface area (Å²) in [5.74, 6) is 0.0490. The lowest BCUT2D eigenvalue weighted by Gasteiger charge is -2.30. The smallest absolute Gasteiger partial charge is 0.270 e. The van der Waals surface area contributed by atoms with Crippen LogP contribution in [-0.4, -0.2) is 54.4 Å². The minimum atomic E-state index is 0.0196. The van der Waals surface area contributed by atoms with Crippen LogP contribution in [0.1, 0.15) is 20.8 Å². The first-order valence-electron chi connectivity index (χ1n) is 8.89. The molecule has 1 aromatic carbocycles. The number of carbonyl (C=O) groups is 2. The number of carbonyl (C=O) groups excluding carboxylic acids is 2. The number of aromatic nitrogens is 1. The number of hydrogen-bond acceptors (Lipinski definition) is 3. The molecule has 3 aromatic rings. The van der Waals surface area contributed by atoms with Crippen LogP contribution in [0.3, 0.4) is 0 Å². The molecule has 1 fully saturated rings. The average molecular weight is 368 g/mol. The van der Waals surface area contributed by atoms with E-state index in [4.69, 9.17) is 0 Å². The van der Waals surface area contributed by atoms with Gasteiger partial charge in [0.25, 0.3) is 5.91 Å². The molecule has 1 amide bonds. The van der Waals surface area contributed by atoms with E-state index >= 15 is 0 Å². The molecular formula is C20H22N3O2S+. The fraction of sp³-hybridized carbons (Fsp3) is 0.300. The van der Waals surface area contributed by atoms with E-state index in [0.29, 0.717) is 11.3 Å². The number of hydrogen-bond donors (Lipinski definition) is 1. The van der Waals surface area contributed by atoms with Gasteiger partial charge in [-0.25, -0.2) is 0 Å². The number of Topliss-reactive ketones (excluding diaryl/α,β-unsaturated/α-hetero) is 1. The molecule has 0 spiro atoms. The summed E-state index contributed by atoms with van der Waals surface area (Å²) in [6.07, 6.45) is 0. The Morgan fingerprint density at radius 2 is 1.85 bits per heavy atom. The monoisotopic (exact) mass is 368 g/mol. The lowest BCUT2D eigenvalue weighted by atomic mass is 10.1. The zero-order chi connectivity index (χ0) is 18.1. The van der Waals surface area contributed by atoms with Gasteiger partial charge in [-0.3, -0.25) is 9.59 Å². The number of fused-ring (bicyclic) bond motifs is 1. The highest BCUT2D eigenvalue weighted by Crippen LogP contribution is 2.26. The van der Waals surface area contributed by atoms with Crippen LogP contribution in [0.4, 0.5) is 0 Å². The fourth-order valence-electron chi connectivity index (χ4n) is 3.44. The van der Waals surface area contributed by atoms with Crippen molar-refractivity contribution in [3.8, 4) is 0 Å². The maximum Gasteiger partial charge on any atom is 0.270 e. The van der Waals surface area contributed by atoms with Gasteiger partial charge in [0, 0.05) is 5.56 Å². The summed E-state index contributed by atoms with van der Waals surface area (Å²) in [6, 6.07) is 13.2. The standard InChI is InChI=1S/C20H21N3O2S/c1-21-8-10-22(11-9-21)20(25)17-13-19-16(7-12-26-19)23(17)14-18(24)15-5-3-2-4-6-15/h2-7,12-13H,8-11,14H2,1H3/p+1. The van der Waals surface area contributed by atoms with Gasteiger partial charge >= 0.3 is 0 Å². The number of ketones is 1. The van der Waals surface area contributed by atoms with Crippen molar-refractivity contribution in [1.82, 2.24) is 9.47 Å². The number of likely N-dealkylation sites (N-methyl/N-ethyl adjacent to an activating group) is 1. The molecule has 3 heterocycles. The Morgan fingerprint density at radius 3 is 2.58 bits per heavy atom. The van der Waals surface area contributed by atoms with Gasteiger partial charge in [-0.15, -0.1) is 11.3 Å². The molecule has 5 nitrogen and oxygen atoms in total. The highest BCUT2D eigenvalue weighted by Gasteiger charge is 2.26. The van der Waals surface area contributed by atoms with Gasteiger partial charge in [0.1, 0.15) is 5.69 Å². The maximum absolute atomic E-state index is 13.1. The van der Waals surface area contributed by atoms with E-state index in [2.05, 4.69) is 7.05 Å². The van der Waals surface area contributed by atoms with E-state index in [1.54, 1.807) is 11.3 Å². The van der Waals surface area contributed by atoms with E-state index < -0.39 is 0 Å². The predicted molar refractivity (Wildman–Crippen MR) is 103 cm³/mol. The van der Waals surface area contributed by atoms with Gasteiger partial charge < -0.3 is 14.4 Å². The van der Waals surface area contributed by atoms with Crippen LogP contribution in [0.25, 0.3) is 10.2 Å². The lowest BCUT2D eigenvalue weighted by molar-refractivity contribution is -0.883. The SMILES string of the molecule is C[NH+]1CCN(C(=O)c2cc3sccc3n2CC(=O)c2ccccc2)CC1. The number of piperazine rings is 1. The summed E-state index contributed by atoms with van der Waals surface area (Å²) in [6.45, 7) is 3.63. The summed E-state index contributed by atoms with van der Waals surface area (Å²) in [5, 5.41) is 2.00. The highest BCUT2D eigenvalue weighted by molar-refractivity contribution is 7.17. The van der Waals surface area contributed by atoms with Crippen molar-refractivity contribution >= 4 is 33.2 Å². The molecule has 0 unspecified atom stereocenters. The van der Waals surface area contributed by atoms with E-state index in [0.717, 1.165) is 36.4 Å². The molecule has 4 rings (SSSR count). The molecule has 1 saturated heterocycles. The number of benzene rings is 1. The molecule has 0 radical (unpaired) electrons. The Kier molecular flexibility index (Phi) is 4.61. The molecule has 134 valence electrons. The topological polar surface area (TPSA) is 46.8 Å². The van der Waals surface area contributed by atoms with E-state index in [-0.39, 0.29) is 18.2 Å². The fourth-order valence-corrected chi connectivity index (χ4v) is 4.26. The van der Waals surface area contributed by atoms with Crippen molar-refractivity contribution in [1.29, 1.82) is 0 Å². The predicted octanol–water partition coefficient (Wildman–Crippen LogP) is 1.56. The quantitative estimate of drug-likeness (QED) is 0.711. The zero-order valence-electron chi connectivity index (χ0n) is 14.8. The average Bonchev–Trinajstić information content (AvgIpc) is 3.25. The number of thiophene rings is 1. The van der Waals surface area contributed by atoms with Crippen LogP contribution < -0.4 is 4.90 Å². The lowest BCUT2D eigenvalue weighted by Crippen LogP contribution is -3.12. The maximum atomic E-state index is 13.1. The van der Waals surface area contributed by atoms with Gasteiger partial charge in [-0.2, -0.15) is 0 Å². The van der Waals surface area contributed by atoms with Gasteiger partial charge in [-0.05, 0) is 17.5 Å². The molecule has 0 atom stereocenters. The Morgan fingerprint density at radius 1 is 1.12 bits per heavy atom. The summed E-state index contributed by atoms with van der Waals surface area (Å²) < 4.78 is 2.93. The number of amides is 1. The van der Waals surface area contributed by atoms with E-state index in [1.165, 1.54) is 4.90 Å². The Bertz CT molecular complexity index is 937. The summed E-state index contributed by atoms with van der Waals surface area (Å²) >= 11 is 1.60. The molecule has 1 aliphatic heterocycles. The molecule has 1 N–H and O–H groups in total. The molecule has 1 aliphatic rings. The van der Waals surface area contributed by atoms with Crippen molar-refractivity contribution in [2.75, 3.05) is 33.2 Å². The third kappa shape index (κ3) is 3.18. The van der Waals surface area contributed by atoms with Crippen LogP contribution in [0.15, 0.2) is 47.8 Å². The van der Waals surface area contributed by atoms with E-state index in [1.807, 2.05) is 57.3 Å². The molecule has 0 saturated carbocycles. The van der Waals surface area contributed by atoms with Gasteiger partial charge in [0.2, 0.25) is 0 Å². The molecule has 0 aliphatic carbocycles. The number of quaternary nitrogens is 1. The third-order valence-corrected chi connectivity index (χ3v) is 5.90. The first-order chi connectivity index (χ1) is 12.6. The minimum absolute atomic E-state index is 0.0196. The number of nitrogens with one attached hydrogen (secondary N) is 1. The van der Waals surface area contributed by atoms with Gasteiger partial charge in [0.15, 0.2) is 5.78 Å². The first-order valence-corrected chi connectivity index (χ1v) is 9.77. The molecular weight excluding hydrogens is 346 g/mol. The summed E-state index contributed by atoms with van der Waals surface area (Å²) in [4.78, 5) is 29.2. The Balaban J connectivity index is 1.65. The second-order valence-corrected chi connectivity index (χ2v) is 7.77. The molecule has 2 aromatic heterocycles. The zero-order valence-corrected chi connectivity index (χ0v) is 15.6. The largest absolute Gasteiger partial charge is 0.334 e. The van der Waals surface area contributed by atoms with Crippen molar-refractivity contribution < 1.29 is 14.5 Å². The highest BCUT2D eigenvalue weighted by atomic mass is 32.1. The normalized spacial score (nSPS) is 15.5. The molecule has 0 bridgehead atoms. The van der Waals surface area contributed by atoms with Gasteiger partial charge in [0.05, 0.1) is 50.0 Å². The number of nitrogens with zero attached hydrogens (tertiary/aromatic N) is 2. The Labute approximate surface area is 156 Å². The van der Waals surface area contributed by atoms with Crippen LogP contribution in [-0.2, 0) is 6.54 Å². The van der Waals surface area contributed by atoms with E-state index in [9.17, 15) is 9.59 Å². The number of rotatable bonds is 4. The van der Waals surface area contributed by atoms with Crippen molar-refractivity contribution in [2.45, 2.75) is 6.54 Å². The summed E-state index contributed by atoms with van der Waals surface area (Å²) in [7, 11) is 2.15. The molecule has 26 heavy (non-hydrogen) atoms. The van der Waals surface area contributed by atoms with Crippen LogP contribution in [0.2, 0.25) is 0 Å². The third-order valence-electron chi connectivity index (χ3n) is 5.04. The van der Waals surface area contributed by atoms with Crippen molar-refractivity contribution in [3.05, 3.63) is 59.1 Å². The minimum Gasteiger partial charge on any atom is -0.334 e. The van der Waals surface area contributed by atoms with Crippen LogP contribution in [0.5, 0.6) is 0 Å². The van der Waals surface area contributed by atoms with Gasteiger partial charge in [-0.1, -0.05) is 30.3 Å². The first kappa shape index (κ1) is 17.0. The second kappa shape index (κ2) is 7.05. The van der Waals surface area contributed by atoms with Crippen molar-refractivity contribution in [2.24, 2.45) is 0 Å². The van der Waals surface area contributed by atoms with Crippen LogP contribution in [0, 0.1) is 0 Å². The second-order valence-electron chi connectivity index (χ2n) is 6.82.